The molecule has 0 saturated heterocycles. The fourth-order valence-electron chi connectivity index (χ4n) is 5.73. The highest BCUT2D eigenvalue weighted by Crippen LogP contribution is 2.49. The van der Waals surface area contributed by atoms with E-state index in [1.807, 2.05) is 109 Å². The zero-order chi connectivity index (χ0) is 31.3. The lowest BCUT2D eigenvalue weighted by Gasteiger charge is -2.23. The van der Waals surface area contributed by atoms with Gasteiger partial charge in [0.05, 0.1) is 11.7 Å². The van der Waals surface area contributed by atoms with Crippen LogP contribution < -0.4 is 15.9 Å². The first-order valence-electron chi connectivity index (χ1n) is 14.8. The van der Waals surface area contributed by atoms with Crippen molar-refractivity contribution >= 4 is 23.4 Å². The molecule has 0 atom stereocenters. The Morgan fingerprint density at radius 1 is 0.622 bits per heavy atom. The molecule has 0 spiro atoms. The summed E-state index contributed by atoms with van der Waals surface area (Å²) in [5, 5.41) is 4.74. The Labute approximate surface area is 261 Å². The first-order chi connectivity index (χ1) is 21.8. The Bertz CT molecular complexity index is 1860. The maximum atomic E-state index is 15.4. The Morgan fingerprint density at radius 2 is 1.16 bits per heavy atom. The number of anilines is 1. The molecule has 1 aromatic heterocycles. The molecular formula is C38H32F3N2OP. The maximum absolute atomic E-state index is 15.4. The molecule has 0 aliphatic heterocycles. The van der Waals surface area contributed by atoms with Gasteiger partial charge < -0.3 is 14.4 Å². The second-order valence-electron chi connectivity index (χ2n) is 10.8. The van der Waals surface area contributed by atoms with Crippen LogP contribution in [0.5, 0.6) is 0 Å². The number of hydrogen-bond acceptors (Lipinski definition) is 2. The van der Waals surface area contributed by atoms with Crippen LogP contribution in [0.15, 0.2) is 152 Å². The molecule has 0 saturated carbocycles. The van der Waals surface area contributed by atoms with Gasteiger partial charge in [0.1, 0.15) is 7.14 Å². The fourth-order valence-corrected chi connectivity index (χ4v) is 8.46. The van der Waals surface area contributed by atoms with Gasteiger partial charge in [0.15, 0.2) is 0 Å². The third kappa shape index (κ3) is 6.67. The molecular weight excluding hydrogens is 588 g/mol. The molecule has 0 radical (unpaired) electrons. The summed E-state index contributed by atoms with van der Waals surface area (Å²) in [6, 6.07) is 46.6. The molecule has 226 valence electrons. The maximum Gasteiger partial charge on any atom is 0.416 e. The Hall–Kier alpha value is -4.80. The molecule has 0 fully saturated rings. The van der Waals surface area contributed by atoms with Gasteiger partial charge in [0.2, 0.25) is 0 Å². The van der Waals surface area contributed by atoms with Crippen LogP contribution in [-0.4, -0.2) is 11.1 Å². The van der Waals surface area contributed by atoms with Crippen LogP contribution in [0.4, 0.5) is 18.9 Å². The van der Waals surface area contributed by atoms with Crippen LogP contribution in [-0.2, 0) is 23.4 Å². The van der Waals surface area contributed by atoms with E-state index in [1.54, 1.807) is 6.07 Å². The van der Waals surface area contributed by atoms with Crippen molar-refractivity contribution in [3.63, 3.8) is 0 Å². The average Bonchev–Trinajstić information content (AvgIpc) is 3.43. The van der Waals surface area contributed by atoms with Crippen molar-refractivity contribution in [3.8, 4) is 22.4 Å². The van der Waals surface area contributed by atoms with Crippen molar-refractivity contribution in [2.24, 2.45) is 0 Å². The van der Waals surface area contributed by atoms with Crippen molar-refractivity contribution in [1.82, 2.24) is 4.57 Å². The largest absolute Gasteiger partial charge is 0.416 e. The molecule has 0 unspecified atom stereocenters. The zero-order valence-electron chi connectivity index (χ0n) is 24.5. The van der Waals surface area contributed by atoms with Crippen LogP contribution in [0.2, 0.25) is 0 Å². The van der Waals surface area contributed by atoms with E-state index in [4.69, 9.17) is 0 Å². The van der Waals surface area contributed by atoms with Crippen molar-refractivity contribution in [1.29, 1.82) is 0 Å². The Kier molecular flexibility index (Phi) is 8.77. The lowest BCUT2D eigenvalue weighted by atomic mass is 10.1. The molecule has 1 heterocycles. The van der Waals surface area contributed by atoms with E-state index in [0.29, 0.717) is 18.8 Å². The van der Waals surface area contributed by atoms with E-state index >= 15 is 4.57 Å². The normalized spacial score (nSPS) is 11.8. The molecule has 1 N–H and O–H groups in total. The summed E-state index contributed by atoms with van der Waals surface area (Å²) >= 11 is 0. The van der Waals surface area contributed by atoms with E-state index in [1.165, 1.54) is 6.07 Å². The number of alkyl halides is 3. The second-order valence-corrected chi connectivity index (χ2v) is 13.7. The number of halogens is 3. The molecule has 0 aliphatic carbocycles. The standard InChI is InChI=1S/C38H32F3N2OP/c39-38(40,41)31-18-13-19-32(26-31)42-24-25-43-36(30-16-7-2-8-17-30)27-35(29-14-5-1-6-15-29)37(43)28-45(44,33-20-9-3-10-21-33)34-22-11-4-12-23-34/h1-23,26-27,42H,24-25,28H2. The number of nitrogens with one attached hydrogen (secondary N) is 1. The number of benzene rings is 5. The number of nitrogens with zero attached hydrogens (tertiary/aromatic N) is 1. The summed E-state index contributed by atoms with van der Waals surface area (Å²) in [6.45, 7) is 0.796. The van der Waals surface area contributed by atoms with Gasteiger partial charge in [0, 0.05) is 46.3 Å². The van der Waals surface area contributed by atoms with Crippen LogP contribution in [0.25, 0.3) is 22.4 Å². The van der Waals surface area contributed by atoms with Crippen LogP contribution >= 0.6 is 7.14 Å². The first kappa shape index (κ1) is 30.2. The average molecular weight is 621 g/mol. The third-order valence-electron chi connectivity index (χ3n) is 7.94. The van der Waals surface area contributed by atoms with E-state index in [2.05, 4.69) is 28.1 Å². The van der Waals surface area contributed by atoms with Crippen LogP contribution in [0.3, 0.4) is 0 Å². The van der Waals surface area contributed by atoms with Crippen molar-refractivity contribution in [2.45, 2.75) is 18.9 Å². The number of hydrogen-bond donors (Lipinski definition) is 1. The van der Waals surface area contributed by atoms with E-state index in [9.17, 15) is 13.2 Å². The van der Waals surface area contributed by atoms with Gasteiger partial charge in [-0.25, -0.2) is 0 Å². The summed E-state index contributed by atoms with van der Waals surface area (Å²) in [7, 11) is -3.18. The molecule has 5 aromatic carbocycles. The van der Waals surface area contributed by atoms with Crippen molar-refractivity contribution < 1.29 is 17.7 Å². The Morgan fingerprint density at radius 3 is 1.71 bits per heavy atom. The van der Waals surface area contributed by atoms with E-state index in [0.717, 1.165) is 50.8 Å². The minimum atomic E-state index is -4.42. The highest BCUT2D eigenvalue weighted by atomic mass is 31.2. The number of rotatable bonds is 10. The molecule has 6 rings (SSSR count). The van der Waals surface area contributed by atoms with Gasteiger partial charge in [-0.2, -0.15) is 13.2 Å². The smallest absolute Gasteiger partial charge is 0.383 e. The molecule has 3 nitrogen and oxygen atoms in total. The summed E-state index contributed by atoms with van der Waals surface area (Å²) in [4.78, 5) is 0. The van der Waals surface area contributed by atoms with Crippen LogP contribution in [0, 0.1) is 0 Å². The fraction of sp³-hybridized carbons (Fsp3) is 0.105. The van der Waals surface area contributed by atoms with E-state index < -0.39 is 18.9 Å². The molecule has 0 aliphatic rings. The van der Waals surface area contributed by atoms with Gasteiger partial charge >= 0.3 is 6.18 Å². The predicted octanol–water partition coefficient (Wildman–Crippen LogP) is 9.47. The molecule has 6 aromatic rings. The summed E-state index contributed by atoms with van der Waals surface area (Å²) in [5.74, 6) is 0. The Balaban J connectivity index is 1.48. The van der Waals surface area contributed by atoms with Gasteiger partial charge in [-0.05, 0) is 35.4 Å². The molecule has 0 bridgehead atoms. The second kappa shape index (κ2) is 13.1. The van der Waals surface area contributed by atoms with Gasteiger partial charge in [0.25, 0.3) is 0 Å². The van der Waals surface area contributed by atoms with Crippen molar-refractivity contribution in [3.05, 3.63) is 163 Å². The minimum absolute atomic E-state index is 0.266. The molecule has 0 amide bonds. The summed E-state index contributed by atoms with van der Waals surface area (Å²) < 4.78 is 57.7. The highest BCUT2D eigenvalue weighted by Gasteiger charge is 2.32. The summed E-state index contributed by atoms with van der Waals surface area (Å²) in [6.07, 6.45) is -4.16. The molecule has 7 heteroatoms. The van der Waals surface area contributed by atoms with Gasteiger partial charge in [-0.3, -0.25) is 0 Å². The zero-order valence-corrected chi connectivity index (χ0v) is 25.4. The third-order valence-corrected chi connectivity index (χ3v) is 10.9. The lowest BCUT2D eigenvalue weighted by Crippen LogP contribution is -2.20. The molecule has 45 heavy (non-hydrogen) atoms. The van der Waals surface area contributed by atoms with Gasteiger partial charge in [-0.15, -0.1) is 0 Å². The monoisotopic (exact) mass is 620 g/mol. The van der Waals surface area contributed by atoms with E-state index in [-0.39, 0.29) is 6.16 Å². The van der Waals surface area contributed by atoms with Gasteiger partial charge in [-0.1, -0.05) is 127 Å². The van der Waals surface area contributed by atoms with Crippen LogP contribution in [0.1, 0.15) is 11.3 Å². The summed E-state index contributed by atoms with van der Waals surface area (Å²) in [5.41, 5.74) is 4.51. The highest BCUT2D eigenvalue weighted by molar-refractivity contribution is 7.78. The first-order valence-corrected chi connectivity index (χ1v) is 16.7. The minimum Gasteiger partial charge on any atom is -0.383 e. The topological polar surface area (TPSA) is 34.0 Å². The number of aromatic nitrogens is 1. The SMILES string of the molecule is O=P(Cc1c(-c2ccccc2)cc(-c2ccccc2)n1CCNc1cccc(C(F)(F)F)c1)(c1ccccc1)c1ccccc1. The lowest BCUT2D eigenvalue weighted by molar-refractivity contribution is -0.137. The predicted molar refractivity (Wildman–Crippen MR) is 179 cm³/mol. The quantitative estimate of drug-likeness (QED) is 0.155. The van der Waals surface area contributed by atoms with Crippen molar-refractivity contribution in [2.75, 3.05) is 11.9 Å².